The van der Waals surface area contributed by atoms with Crippen molar-refractivity contribution in [1.29, 1.82) is 0 Å². The first kappa shape index (κ1) is 12.9. The van der Waals surface area contributed by atoms with Crippen molar-refractivity contribution in [3.63, 3.8) is 0 Å². The second-order valence-corrected chi connectivity index (χ2v) is 5.72. The zero-order chi connectivity index (χ0) is 13.5. The summed E-state index contributed by atoms with van der Waals surface area (Å²) in [6.45, 7) is 8.26. The van der Waals surface area contributed by atoms with Gasteiger partial charge in [0, 0.05) is 11.5 Å². The highest BCUT2D eigenvalue weighted by molar-refractivity contribution is 5.68. The fourth-order valence-electron chi connectivity index (χ4n) is 2.43. The molecule has 0 aliphatic carbocycles. The molecular weight excluding hydrogens is 228 g/mol. The van der Waals surface area contributed by atoms with Crippen LogP contribution in [0.4, 0.5) is 0 Å². The molecule has 2 atom stereocenters. The van der Waals surface area contributed by atoms with Gasteiger partial charge in [-0.2, -0.15) is 0 Å². The SMILES string of the molecule is CC(CC(=O)O)c1ccc2c(c1)C(C)C(C)(C)O2. The average Bonchev–Trinajstić information content (AvgIpc) is 2.48. The summed E-state index contributed by atoms with van der Waals surface area (Å²) in [5, 5.41) is 8.85. The number of rotatable bonds is 3. The fourth-order valence-corrected chi connectivity index (χ4v) is 2.43. The highest BCUT2D eigenvalue weighted by atomic mass is 16.5. The van der Waals surface area contributed by atoms with E-state index in [0.717, 1.165) is 11.3 Å². The van der Waals surface area contributed by atoms with Crippen LogP contribution in [0.2, 0.25) is 0 Å². The Labute approximate surface area is 108 Å². The summed E-state index contributed by atoms with van der Waals surface area (Å²) >= 11 is 0. The fraction of sp³-hybridized carbons (Fsp3) is 0.533. The minimum absolute atomic E-state index is 0.0312. The van der Waals surface area contributed by atoms with Gasteiger partial charge in [-0.15, -0.1) is 0 Å². The lowest BCUT2D eigenvalue weighted by Crippen LogP contribution is -2.28. The molecule has 0 aromatic heterocycles. The van der Waals surface area contributed by atoms with Gasteiger partial charge in [-0.1, -0.05) is 26.0 Å². The zero-order valence-electron chi connectivity index (χ0n) is 11.4. The standard InChI is InChI=1S/C15H20O3/c1-9(7-14(16)17)11-5-6-13-12(8-11)10(2)15(3,4)18-13/h5-6,8-10H,7H2,1-4H3,(H,16,17). The van der Waals surface area contributed by atoms with E-state index in [9.17, 15) is 4.79 Å². The number of carboxylic acid groups (broad SMARTS) is 1. The molecule has 1 aliphatic rings. The number of carboxylic acids is 1. The molecule has 1 aromatic rings. The van der Waals surface area contributed by atoms with Crippen LogP contribution in [-0.2, 0) is 4.79 Å². The van der Waals surface area contributed by atoms with Gasteiger partial charge in [0.25, 0.3) is 0 Å². The van der Waals surface area contributed by atoms with E-state index >= 15 is 0 Å². The summed E-state index contributed by atoms with van der Waals surface area (Å²) in [7, 11) is 0. The van der Waals surface area contributed by atoms with Crippen LogP contribution in [0.25, 0.3) is 0 Å². The van der Waals surface area contributed by atoms with E-state index in [-0.39, 0.29) is 17.9 Å². The number of benzene rings is 1. The van der Waals surface area contributed by atoms with Crippen molar-refractivity contribution in [3.05, 3.63) is 29.3 Å². The van der Waals surface area contributed by atoms with Crippen LogP contribution >= 0.6 is 0 Å². The van der Waals surface area contributed by atoms with Crippen molar-refractivity contribution in [2.45, 2.75) is 51.6 Å². The molecule has 2 unspecified atom stereocenters. The van der Waals surface area contributed by atoms with Gasteiger partial charge in [-0.05, 0) is 31.4 Å². The lowest BCUT2D eigenvalue weighted by molar-refractivity contribution is -0.137. The lowest BCUT2D eigenvalue weighted by atomic mass is 9.86. The average molecular weight is 248 g/mol. The molecule has 0 bridgehead atoms. The van der Waals surface area contributed by atoms with Crippen molar-refractivity contribution >= 4 is 5.97 Å². The Morgan fingerprint density at radius 3 is 2.78 bits per heavy atom. The van der Waals surface area contributed by atoms with Gasteiger partial charge in [0.05, 0.1) is 6.42 Å². The third-order valence-corrected chi connectivity index (χ3v) is 3.97. The number of carbonyl (C=O) groups is 1. The maximum absolute atomic E-state index is 10.8. The maximum Gasteiger partial charge on any atom is 0.303 e. The van der Waals surface area contributed by atoms with Crippen molar-refractivity contribution in [3.8, 4) is 5.75 Å². The molecule has 0 amide bonds. The molecule has 1 aliphatic heterocycles. The Balaban J connectivity index is 2.30. The van der Waals surface area contributed by atoms with Crippen LogP contribution in [0.1, 0.15) is 57.1 Å². The normalized spacial score (nSPS) is 22.1. The van der Waals surface area contributed by atoms with E-state index in [1.807, 2.05) is 19.1 Å². The summed E-state index contributed by atoms with van der Waals surface area (Å²) < 4.78 is 5.91. The highest BCUT2D eigenvalue weighted by Crippen LogP contribution is 2.45. The van der Waals surface area contributed by atoms with Crippen LogP contribution in [0.5, 0.6) is 5.75 Å². The lowest BCUT2D eigenvalue weighted by Gasteiger charge is -2.23. The summed E-state index contributed by atoms with van der Waals surface area (Å²) in [5.41, 5.74) is 2.08. The van der Waals surface area contributed by atoms with Crippen LogP contribution in [0.15, 0.2) is 18.2 Å². The molecule has 1 N–H and O–H groups in total. The third kappa shape index (κ3) is 2.22. The summed E-state index contributed by atoms with van der Waals surface area (Å²) in [5.74, 6) is 0.527. The first-order valence-electron chi connectivity index (χ1n) is 6.36. The summed E-state index contributed by atoms with van der Waals surface area (Å²) in [4.78, 5) is 10.8. The first-order chi connectivity index (χ1) is 8.31. The van der Waals surface area contributed by atoms with Crippen LogP contribution in [0.3, 0.4) is 0 Å². The summed E-state index contributed by atoms with van der Waals surface area (Å²) in [6, 6.07) is 6.04. The Bertz CT molecular complexity index is 477. The van der Waals surface area contributed by atoms with E-state index in [2.05, 4.69) is 26.8 Å². The maximum atomic E-state index is 10.8. The minimum Gasteiger partial charge on any atom is -0.487 e. The van der Waals surface area contributed by atoms with Crippen LogP contribution in [0, 0.1) is 0 Å². The molecule has 0 fully saturated rings. The van der Waals surface area contributed by atoms with Crippen molar-refractivity contribution < 1.29 is 14.6 Å². The number of ether oxygens (including phenoxy) is 1. The molecule has 0 radical (unpaired) electrons. The van der Waals surface area contributed by atoms with E-state index in [0.29, 0.717) is 5.92 Å². The Hall–Kier alpha value is -1.51. The monoisotopic (exact) mass is 248 g/mol. The second kappa shape index (κ2) is 4.30. The Morgan fingerprint density at radius 1 is 1.50 bits per heavy atom. The summed E-state index contributed by atoms with van der Waals surface area (Å²) in [6.07, 6.45) is 0.164. The molecular formula is C15H20O3. The van der Waals surface area contributed by atoms with Crippen LogP contribution < -0.4 is 4.74 Å². The van der Waals surface area contributed by atoms with Crippen molar-refractivity contribution in [2.24, 2.45) is 0 Å². The minimum atomic E-state index is -0.757. The zero-order valence-corrected chi connectivity index (χ0v) is 11.4. The molecule has 3 heteroatoms. The molecule has 18 heavy (non-hydrogen) atoms. The van der Waals surface area contributed by atoms with Gasteiger partial charge in [0.1, 0.15) is 11.4 Å². The molecule has 2 rings (SSSR count). The topological polar surface area (TPSA) is 46.5 Å². The molecule has 1 aromatic carbocycles. The van der Waals surface area contributed by atoms with E-state index in [4.69, 9.17) is 9.84 Å². The number of hydrogen-bond acceptors (Lipinski definition) is 2. The molecule has 0 spiro atoms. The predicted octanol–water partition coefficient (Wildman–Crippen LogP) is 3.54. The van der Waals surface area contributed by atoms with Gasteiger partial charge >= 0.3 is 5.97 Å². The smallest absolute Gasteiger partial charge is 0.303 e. The molecule has 1 heterocycles. The quantitative estimate of drug-likeness (QED) is 0.890. The van der Waals surface area contributed by atoms with E-state index < -0.39 is 5.97 Å². The molecule has 3 nitrogen and oxygen atoms in total. The van der Waals surface area contributed by atoms with Gasteiger partial charge in [-0.25, -0.2) is 0 Å². The highest BCUT2D eigenvalue weighted by Gasteiger charge is 2.38. The van der Waals surface area contributed by atoms with Gasteiger partial charge in [0.2, 0.25) is 0 Å². The molecule has 0 saturated carbocycles. The Morgan fingerprint density at radius 2 is 2.17 bits per heavy atom. The van der Waals surface area contributed by atoms with Gasteiger partial charge < -0.3 is 9.84 Å². The number of aliphatic carboxylic acids is 1. The van der Waals surface area contributed by atoms with Crippen molar-refractivity contribution in [1.82, 2.24) is 0 Å². The largest absolute Gasteiger partial charge is 0.487 e. The first-order valence-corrected chi connectivity index (χ1v) is 6.36. The molecule has 0 saturated heterocycles. The van der Waals surface area contributed by atoms with Crippen LogP contribution in [-0.4, -0.2) is 16.7 Å². The number of hydrogen-bond donors (Lipinski definition) is 1. The van der Waals surface area contributed by atoms with E-state index in [1.54, 1.807) is 0 Å². The third-order valence-electron chi connectivity index (χ3n) is 3.97. The van der Waals surface area contributed by atoms with Gasteiger partial charge in [-0.3, -0.25) is 4.79 Å². The van der Waals surface area contributed by atoms with E-state index in [1.165, 1.54) is 5.56 Å². The van der Waals surface area contributed by atoms with Crippen molar-refractivity contribution in [2.75, 3.05) is 0 Å². The number of fused-ring (bicyclic) bond motifs is 1. The van der Waals surface area contributed by atoms with Gasteiger partial charge in [0.15, 0.2) is 0 Å². The Kier molecular flexibility index (Phi) is 3.09. The molecule has 98 valence electrons. The second-order valence-electron chi connectivity index (χ2n) is 5.72. The predicted molar refractivity (Wildman–Crippen MR) is 70.2 cm³/mol.